The summed E-state index contributed by atoms with van der Waals surface area (Å²) >= 11 is 0. The van der Waals surface area contributed by atoms with Crippen LogP contribution in [0.15, 0.2) is 101 Å². The van der Waals surface area contributed by atoms with Crippen molar-refractivity contribution >= 4 is 12.2 Å². The Morgan fingerprint density at radius 3 is 2.23 bits per heavy atom. The molecule has 0 saturated carbocycles. The number of carbonyl (C=O) groups is 1. The van der Waals surface area contributed by atoms with Crippen molar-refractivity contribution in [2.45, 2.75) is 32.6 Å². The molecule has 0 radical (unpaired) electrons. The molecule has 31 heavy (non-hydrogen) atoms. The molecule has 3 rings (SSSR count). The number of ether oxygens (including phenoxy) is 1. The van der Waals surface area contributed by atoms with Gasteiger partial charge in [0.15, 0.2) is 0 Å². The van der Waals surface area contributed by atoms with Gasteiger partial charge in [-0.25, -0.2) is 4.79 Å². The average molecular weight is 416 g/mol. The molecule has 0 fully saturated rings. The van der Waals surface area contributed by atoms with Crippen LogP contribution in [0, 0.1) is 5.92 Å². The second kappa shape index (κ2) is 11.7. The van der Waals surface area contributed by atoms with Gasteiger partial charge < -0.3 is 9.84 Å². The van der Waals surface area contributed by atoms with Gasteiger partial charge in [0.25, 0.3) is 0 Å². The fraction of sp³-hybridized carbons (Fsp3) is 0.259. The minimum Gasteiger partial charge on any atom is -0.502 e. The van der Waals surface area contributed by atoms with E-state index in [0.29, 0.717) is 5.70 Å². The Balaban J connectivity index is 1.93. The van der Waals surface area contributed by atoms with Gasteiger partial charge in [0.05, 0.1) is 12.3 Å². The van der Waals surface area contributed by atoms with Crippen molar-refractivity contribution in [2.24, 2.45) is 10.9 Å². The van der Waals surface area contributed by atoms with Crippen LogP contribution in [-0.4, -0.2) is 23.9 Å². The van der Waals surface area contributed by atoms with E-state index in [1.807, 2.05) is 24.4 Å². The van der Waals surface area contributed by atoms with Gasteiger partial charge in [-0.15, -0.1) is 0 Å². The van der Waals surface area contributed by atoms with E-state index < -0.39 is 11.7 Å². The Hall–Kier alpha value is -3.40. The molecule has 0 saturated heterocycles. The van der Waals surface area contributed by atoms with Crippen LogP contribution < -0.4 is 0 Å². The standard InChI is InChI=1S/C27H29NO3/c1-2-31-27(30)26(29)20-25-19-23(15-9-10-16-28-25)24(17-21-11-5-3-6-12-21)18-22-13-7-4-8-14-22/h3-8,11-16,19-20,24,29H,2,9-10,17-18H2,1H3/b23-15?,25-19?,26-20-,28-16?. The lowest BCUT2D eigenvalue weighted by Crippen LogP contribution is -2.12. The first kappa shape index (κ1) is 22.3. The number of nitrogens with zero attached hydrogens (tertiary/aromatic N) is 1. The molecule has 1 aliphatic rings. The molecule has 4 heteroatoms. The number of aliphatic hydroxyl groups excluding tert-OH is 1. The maximum absolute atomic E-state index is 11.8. The van der Waals surface area contributed by atoms with E-state index in [2.05, 4.69) is 59.6 Å². The van der Waals surface area contributed by atoms with Crippen LogP contribution in [0.2, 0.25) is 0 Å². The highest BCUT2D eigenvalue weighted by Gasteiger charge is 2.17. The molecule has 0 spiro atoms. The van der Waals surface area contributed by atoms with Gasteiger partial charge in [-0.05, 0) is 61.3 Å². The third-order valence-electron chi connectivity index (χ3n) is 5.12. The van der Waals surface area contributed by atoms with Crippen molar-refractivity contribution in [3.05, 3.63) is 107 Å². The molecule has 1 heterocycles. The minimum absolute atomic E-state index is 0.209. The summed E-state index contributed by atoms with van der Waals surface area (Å²) in [5, 5.41) is 10.1. The van der Waals surface area contributed by atoms with Gasteiger partial charge in [-0.2, -0.15) is 0 Å². The molecular formula is C27H29NO3. The van der Waals surface area contributed by atoms with E-state index in [9.17, 15) is 9.90 Å². The smallest absolute Gasteiger partial charge is 0.373 e. The average Bonchev–Trinajstić information content (AvgIpc) is 2.76. The van der Waals surface area contributed by atoms with Crippen molar-refractivity contribution in [2.75, 3.05) is 6.61 Å². The zero-order valence-corrected chi connectivity index (χ0v) is 17.9. The number of aliphatic hydroxyl groups is 1. The second-order valence-electron chi connectivity index (χ2n) is 7.49. The fourth-order valence-electron chi connectivity index (χ4n) is 3.63. The van der Waals surface area contributed by atoms with Crippen LogP contribution in [0.3, 0.4) is 0 Å². The molecule has 0 bridgehead atoms. The van der Waals surface area contributed by atoms with Crippen molar-refractivity contribution in [1.29, 1.82) is 0 Å². The quantitative estimate of drug-likeness (QED) is 0.338. The van der Waals surface area contributed by atoms with Gasteiger partial charge >= 0.3 is 5.97 Å². The van der Waals surface area contributed by atoms with E-state index in [1.54, 1.807) is 6.92 Å². The second-order valence-corrected chi connectivity index (χ2v) is 7.49. The molecule has 1 aliphatic heterocycles. The summed E-state index contributed by atoms with van der Waals surface area (Å²) in [4.78, 5) is 16.3. The topological polar surface area (TPSA) is 58.9 Å². The Morgan fingerprint density at radius 1 is 1.03 bits per heavy atom. The first-order valence-electron chi connectivity index (χ1n) is 10.8. The number of aliphatic imine (C=N–C) groups is 1. The van der Waals surface area contributed by atoms with Crippen LogP contribution in [-0.2, 0) is 22.4 Å². The first-order valence-corrected chi connectivity index (χ1v) is 10.8. The molecule has 0 amide bonds. The van der Waals surface area contributed by atoms with Crippen LogP contribution in [0.1, 0.15) is 30.9 Å². The Bertz CT molecular complexity index is 931. The van der Waals surface area contributed by atoms with E-state index in [-0.39, 0.29) is 12.5 Å². The minimum atomic E-state index is -0.740. The van der Waals surface area contributed by atoms with Gasteiger partial charge in [-0.3, -0.25) is 4.99 Å². The van der Waals surface area contributed by atoms with E-state index >= 15 is 0 Å². The number of rotatable bonds is 8. The Morgan fingerprint density at radius 2 is 1.65 bits per heavy atom. The SMILES string of the molecule is CCOC(=O)/C(O)=C/C1=CC(C(Cc2ccccc2)Cc2ccccc2)=CCCC=N1. The zero-order valence-electron chi connectivity index (χ0n) is 17.9. The first-order chi connectivity index (χ1) is 15.2. The summed E-state index contributed by atoms with van der Waals surface area (Å²) in [6, 6.07) is 20.9. The van der Waals surface area contributed by atoms with Gasteiger partial charge in [0.1, 0.15) is 0 Å². The Labute approximate surface area is 184 Å². The number of allylic oxidation sites excluding steroid dienone is 4. The maximum Gasteiger partial charge on any atom is 0.373 e. The number of hydrogen-bond donors (Lipinski definition) is 1. The third kappa shape index (κ3) is 7.10. The summed E-state index contributed by atoms with van der Waals surface area (Å²) in [5.41, 5.74) is 4.25. The van der Waals surface area contributed by atoms with Crippen molar-refractivity contribution in [3.8, 4) is 0 Å². The van der Waals surface area contributed by atoms with E-state index in [0.717, 1.165) is 31.3 Å². The Kier molecular flexibility index (Phi) is 8.41. The van der Waals surface area contributed by atoms with Crippen LogP contribution in [0.25, 0.3) is 0 Å². The van der Waals surface area contributed by atoms with E-state index in [1.165, 1.54) is 17.2 Å². The van der Waals surface area contributed by atoms with Crippen molar-refractivity contribution < 1.29 is 14.6 Å². The third-order valence-corrected chi connectivity index (χ3v) is 5.12. The summed E-state index contributed by atoms with van der Waals surface area (Å²) in [7, 11) is 0. The summed E-state index contributed by atoms with van der Waals surface area (Å²) in [5.74, 6) is -0.935. The van der Waals surface area contributed by atoms with Gasteiger partial charge in [0.2, 0.25) is 5.76 Å². The predicted octanol–water partition coefficient (Wildman–Crippen LogP) is 5.77. The maximum atomic E-state index is 11.8. The number of carbonyl (C=O) groups excluding carboxylic acids is 1. The van der Waals surface area contributed by atoms with Crippen LogP contribution >= 0.6 is 0 Å². The monoisotopic (exact) mass is 415 g/mol. The predicted molar refractivity (Wildman–Crippen MR) is 125 cm³/mol. The van der Waals surface area contributed by atoms with E-state index in [4.69, 9.17) is 4.74 Å². The summed E-state index contributed by atoms with van der Waals surface area (Å²) < 4.78 is 4.88. The lowest BCUT2D eigenvalue weighted by molar-refractivity contribution is -0.141. The lowest BCUT2D eigenvalue weighted by atomic mass is 9.85. The lowest BCUT2D eigenvalue weighted by Gasteiger charge is -2.20. The highest BCUT2D eigenvalue weighted by atomic mass is 16.5. The van der Waals surface area contributed by atoms with Crippen LogP contribution in [0.5, 0.6) is 0 Å². The molecule has 2 aromatic rings. The van der Waals surface area contributed by atoms with Crippen molar-refractivity contribution in [3.63, 3.8) is 0 Å². The largest absolute Gasteiger partial charge is 0.502 e. The molecule has 2 aromatic carbocycles. The van der Waals surface area contributed by atoms with Gasteiger partial charge in [-0.1, -0.05) is 66.7 Å². The molecule has 4 nitrogen and oxygen atoms in total. The molecule has 160 valence electrons. The summed E-state index contributed by atoms with van der Waals surface area (Å²) in [6.07, 6.45) is 10.9. The molecule has 0 atom stereocenters. The molecule has 0 aliphatic carbocycles. The molecule has 0 aromatic heterocycles. The van der Waals surface area contributed by atoms with Gasteiger partial charge in [0, 0.05) is 12.3 Å². The normalized spacial score (nSPS) is 14.5. The molecular weight excluding hydrogens is 386 g/mol. The highest BCUT2D eigenvalue weighted by molar-refractivity contribution is 5.86. The number of hydrogen-bond acceptors (Lipinski definition) is 4. The zero-order chi connectivity index (χ0) is 21.9. The summed E-state index contributed by atoms with van der Waals surface area (Å²) in [6.45, 7) is 1.91. The molecule has 0 unspecified atom stereocenters. The molecule has 1 N–H and O–H groups in total. The highest BCUT2D eigenvalue weighted by Crippen LogP contribution is 2.26. The number of esters is 1. The number of benzene rings is 2. The van der Waals surface area contributed by atoms with Crippen LogP contribution in [0.4, 0.5) is 0 Å². The van der Waals surface area contributed by atoms with Crippen molar-refractivity contribution in [1.82, 2.24) is 0 Å². The fourth-order valence-corrected chi connectivity index (χ4v) is 3.63.